The van der Waals surface area contributed by atoms with E-state index in [1.54, 1.807) is 30.3 Å². The van der Waals surface area contributed by atoms with Crippen LogP contribution in [0.1, 0.15) is 36.6 Å². The van der Waals surface area contributed by atoms with Gasteiger partial charge in [-0.25, -0.2) is 14.4 Å². The van der Waals surface area contributed by atoms with Crippen molar-refractivity contribution in [2.24, 2.45) is 0 Å². The molecular weight excluding hydrogens is 669 g/mol. The first-order valence-electron chi connectivity index (χ1n) is 17.1. The van der Waals surface area contributed by atoms with Crippen molar-refractivity contribution in [1.29, 1.82) is 0 Å². The smallest absolute Gasteiger partial charge is 0.338 e. The van der Waals surface area contributed by atoms with E-state index >= 15 is 0 Å². The van der Waals surface area contributed by atoms with Crippen LogP contribution in [0.2, 0.25) is 0 Å². The number of carbonyl (C=O) groups excluding carboxylic acids is 3. The number of rotatable bonds is 10. The summed E-state index contributed by atoms with van der Waals surface area (Å²) in [5.41, 5.74) is 8.05. The highest BCUT2D eigenvalue weighted by atomic mass is 32.2. The second kappa shape index (κ2) is 16.0. The fraction of sp³-hybridized carbons (Fsp3) is 0.133. The van der Waals surface area contributed by atoms with Crippen molar-refractivity contribution < 1.29 is 28.6 Å². The normalized spacial score (nSPS) is 16.5. The molecule has 0 saturated carbocycles. The van der Waals surface area contributed by atoms with Crippen LogP contribution in [0, 0.1) is 6.92 Å². The lowest BCUT2D eigenvalue weighted by Crippen LogP contribution is -2.40. The second-order valence-corrected chi connectivity index (χ2v) is 13.8. The minimum atomic E-state index is -0.854. The van der Waals surface area contributed by atoms with E-state index in [0.29, 0.717) is 22.4 Å². The van der Waals surface area contributed by atoms with Gasteiger partial charge in [-0.1, -0.05) is 127 Å². The van der Waals surface area contributed by atoms with Crippen LogP contribution in [0.4, 0.5) is 0 Å². The Morgan fingerprint density at radius 1 is 0.538 bits per heavy atom. The van der Waals surface area contributed by atoms with Gasteiger partial charge in [-0.05, 0) is 76.2 Å². The highest BCUT2D eigenvalue weighted by molar-refractivity contribution is 8.00. The zero-order valence-electron chi connectivity index (χ0n) is 28.5. The van der Waals surface area contributed by atoms with Crippen LogP contribution in [-0.2, 0) is 14.2 Å². The Labute approximate surface area is 307 Å². The fourth-order valence-corrected chi connectivity index (χ4v) is 7.52. The molecule has 6 nitrogen and oxygen atoms in total. The number of carbonyl (C=O) groups is 3. The molecule has 1 fully saturated rings. The molecule has 1 aliphatic heterocycles. The summed E-state index contributed by atoms with van der Waals surface area (Å²) in [5, 5.41) is -0.459. The SMILES string of the molecule is Cc1cc(-c2ccccc2)ccc1C(=O)O[C@@H]1CS[C@@H](COC(=O)c2ccc(-c3ccccc3)cc2)C1OC(=O)c1ccc(-c2ccccc2)cc1. The number of thioether (sulfide) groups is 1. The summed E-state index contributed by atoms with van der Waals surface area (Å²) in [6, 6.07) is 49.8. The quantitative estimate of drug-likeness (QED) is 0.104. The largest absolute Gasteiger partial charge is 0.461 e. The molecule has 1 saturated heterocycles. The molecule has 0 amide bonds. The summed E-state index contributed by atoms with van der Waals surface area (Å²) >= 11 is 1.44. The van der Waals surface area contributed by atoms with E-state index in [1.165, 1.54) is 11.8 Å². The number of esters is 3. The summed E-state index contributed by atoms with van der Waals surface area (Å²) < 4.78 is 17.9. The van der Waals surface area contributed by atoms with Crippen LogP contribution < -0.4 is 0 Å². The second-order valence-electron chi connectivity index (χ2n) is 12.6. The van der Waals surface area contributed by atoms with Gasteiger partial charge < -0.3 is 14.2 Å². The molecular formula is C45H36O6S. The molecule has 0 aliphatic carbocycles. The molecule has 1 unspecified atom stereocenters. The van der Waals surface area contributed by atoms with E-state index in [9.17, 15) is 14.4 Å². The maximum absolute atomic E-state index is 13.6. The van der Waals surface area contributed by atoms with Crippen LogP contribution >= 0.6 is 11.8 Å². The molecule has 0 aromatic heterocycles. The zero-order chi connectivity index (χ0) is 35.9. The molecule has 0 N–H and O–H groups in total. The van der Waals surface area contributed by atoms with Crippen molar-refractivity contribution in [2.45, 2.75) is 24.4 Å². The van der Waals surface area contributed by atoms with E-state index in [0.717, 1.165) is 38.9 Å². The minimum absolute atomic E-state index is 0.0340. The summed E-state index contributed by atoms with van der Waals surface area (Å²) in [5.74, 6) is -1.18. The highest BCUT2D eigenvalue weighted by Gasteiger charge is 2.43. The van der Waals surface area contributed by atoms with Gasteiger partial charge in [0, 0.05) is 5.75 Å². The maximum atomic E-state index is 13.6. The third-order valence-corrected chi connectivity index (χ3v) is 10.5. The molecule has 0 bridgehead atoms. The van der Waals surface area contributed by atoms with Gasteiger partial charge in [0.05, 0.1) is 21.9 Å². The number of hydrogen-bond donors (Lipinski definition) is 0. The Balaban J connectivity index is 1.06. The standard InChI is InChI=1S/C45H36O6S/c1-30-27-38(33-15-9-4-10-16-33)25-26-39(30)45(48)50-40-29-52-41(28-49-43(46)36-21-17-34(18-22-36)31-11-5-2-6-12-31)42(40)51-44(47)37-23-19-35(20-24-37)32-13-7-3-8-14-32/h2-27,40-42H,28-29H2,1H3/t40-,41+,42?/m1/s1. The van der Waals surface area contributed by atoms with Gasteiger partial charge in [0.25, 0.3) is 0 Å². The first-order chi connectivity index (χ1) is 25.4. The molecule has 258 valence electrons. The molecule has 1 aliphatic rings. The molecule has 7 rings (SSSR count). The van der Waals surface area contributed by atoms with Gasteiger partial charge in [0.2, 0.25) is 0 Å². The Bertz CT molecular complexity index is 2150. The molecule has 6 aromatic rings. The summed E-state index contributed by atoms with van der Waals surface area (Å²) in [7, 11) is 0. The molecule has 52 heavy (non-hydrogen) atoms. The summed E-state index contributed by atoms with van der Waals surface area (Å²) in [6.45, 7) is 1.84. The Hall–Kier alpha value is -5.92. The van der Waals surface area contributed by atoms with Crippen molar-refractivity contribution >= 4 is 29.7 Å². The first-order valence-corrected chi connectivity index (χ1v) is 18.2. The first kappa shape index (κ1) is 34.5. The average Bonchev–Trinajstić information content (AvgIpc) is 3.57. The molecule has 0 radical (unpaired) electrons. The molecule has 6 aromatic carbocycles. The Morgan fingerprint density at radius 2 is 1.00 bits per heavy atom. The number of benzene rings is 6. The van der Waals surface area contributed by atoms with E-state index in [4.69, 9.17) is 14.2 Å². The van der Waals surface area contributed by atoms with E-state index < -0.39 is 35.4 Å². The average molecular weight is 705 g/mol. The summed E-state index contributed by atoms with van der Waals surface area (Å²) in [4.78, 5) is 40.3. The van der Waals surface area contributed by atoms with Crippen LogP contribution in [0.5, 0.6) is 0 Å². The van der Waals surface area contributed by atoms with Crippen molar-refractivity contribution in [2.75, 3.05) is 12.4 Å². The van der Waals surface area contributed by atoms with Crippen molar-refractivity contribution in [3.8, 4) is 33.4 Å². The van der Waals surface area contributed by atoms with E-state index in [1.807, 2.05) is 134 Å². The van der Waals surface area contributed by atoms with E-state index in [-0.39, 0.29) is 6.61 Å². The van der Waals surface area contributed by atoms with Gasteiger partial charge in [-0.2, -0.15) is 0 Å². The van der Waals surface area contributed by atoms with Crippen molar-refractivity contribution in [3.63, 3.8) is 0 Å². The van der Waals surface area contributed by atoms with Crippen LogP contribution in [0.25, 0.3) is 33.4 Å². The van der Waals surface area contributed by atoms with Crippen molar-refractivity contribution in [1.82, 2.24) is 0 Å². The Morgan fingerprint density at radius 3 is 1.52 bits per heavy atom. The summed E-state index contributed by atoms with van der Waals surface area (Å²) in [6.07, 6.45) is -1.61. The lowest BCUT2D eigenvalue weighted by molar-refractivity contribution is -0.0295. The predicted molar refractivity (Wildman–Crippen MR) is 205 cm³/mol. The van der Waals surface area contributed by atoms with Gasteiger partial charge in [-0.3, -0.25) is 0 Å². The fourth-order valence-electron chi connectivity index (χ4n) is 6.24. The van der Waals surface area contributed by atoms with Crippen LogP contribution in [-0.4, -0.2) is 47.7 Å². The molecule has 0 spiro atoms. The number of aryl methyl sites for hydroxylation is 1. The van der Waals surface area contributed by atoms with Gasteiger partial charge in [-0.15, -0.1) is 11.8 Å². The highest BCUT2D eigenvalue weighted by Crippen LogP contribution is 2.34. The zero-order valence-corrected chi connectivity index (χ0v) is 29.3. The van der Waals surface area contributed by atoms with E-state index in [2.05, 4.69) is 0 Å². The lowest BCUT2D eigenvalue weighted by atomic mass is 10.00. The van der Waals surface area contributed by atoms with Gasteiger partial charge in [0.1, 0.15) is 12.7 Å². The molecule has 3 atom stereocenters. The van der Waals surface area contributed by atoms with Gasteiger partial charge >= 0.3 is 17.9 Å². The third kappa shape index (κ3) is 8.01. The predicted octanol–water partition coefficient (Wildman–Crippen LogP) is 9.72. The molecule has 1 heterocycles. The third-order valence-electron chi connectivity index (χ3n) is 9.10. The number of ether oxygens (including phenoxy) is 3. The van der Waals surface area contributed by atoms with Gasteiger partial charge in [0.15, 0.2) is 6.10 Å². The molecule has 7 heteroatoms. The minimum Gasteiger partial charge on any atom is -0.461 e. The topological polar surface area (TPSA) is 78.9 Å². The lowest BCUT2D eigenvalue weighted by Gasteiger charge is -2.24. The van der Waals surface area contributed by atoms with Crippen LogP contribution in [0.3, 0.4) is 0 Å². The Kier molecular flexibility index (Phi) is 10.6. The maximum Gasteiger partial charge on any atom is 0.338 e. The number of hydrogen-bond acceptors (Lipinski definition) is 7. The van der Waals surface area contributed by atoms with Crippen molar-refractivity contribution in [3.05, 3.63) is 180 Å². The monoisotopic (exact) mass is 704 g/mol. The van der Waals surface area contributed by atoms with Crippen LogP contribution in [0.15, 0.2) is 158 Å².